The molecule has 0 bridgehead atoms. The van der Waals surface area contributed by atoms with Gasteiger partial charge in [0.25, 0.3) is 0 Å². The number of rotatable bonds is 6. The Kier molecular flexibility index (Phi) is 5.16. The molecule has 1 unspecified atom stereocenters. The van der Waals surface area contributed by atoms with Gasteiger partial charge in [-0.15, -0.1) is 0 Å². The minimum Gasteiger partial charge on any atom is -0.396 e. The number of hydrogen-bond acceptors (Lipinski definition) is 3. The third-order valence-electron chi connectivity index (χ3n) is 3.16. The van der Waals surface area contributed by atoms with Gasteiger partial charge in [0.2, 0.25) is 0 Å². The van der Waals surface area contributed by atoms with Crippen LogP contribution < -0.4 is 5.73 Å². The van der Waals surface area contributed by atoms with Crippen molar-refractivity contribution >= 4 is 15.9 Å². The van der Waals surface area contributed by atoms with E-state index in [9.17, 15) is 5.11 Å². The van der Waals surface area contributed by atoms with E-state index in [1.165, 1.54) is 0 Å². The summed E-state index contributed by atoms with van der Waals surface area (Å²) in [6.45, 7) is 7.54. The number of aliphatic hydroxyl groups is 1. The molecule has 4 nitrogen and oxygen atoms in total. The van der Waals surface area contributed by atoms with Crippen molar-refractivity contribution in [1.82, 2.24) is 9.78 Å². The van der Waals surface area contributed by atoms with Crippen LogP contribution in [-0.4, -0.2) is 28.0 Å². The van der Waals surface area contributed by atoms with Crippen LogP contribution in [0.15, 0.2) is 4.47 Å². The van der Waals surface area contributed by atoms with Crippen molar-refractivity contribution in [3.8, 4) is 0 Å². The molecule has 0 aromatic carbocycles. The van der Waals surface area contributed by atoms with Crippen LogP contribution in [0.3, 0.4) is 0 Å². The Bertz CT molecular complexity index is 372. The molecule has 1 atom stereocenters. The summed E-state index contributed by atoms with van der Waals surface area (Å²) in [4.78, 5) is 0. The lowest BCUT2D eigenvalue weighted by molar-refractivity contribution is 0.147. The largest absolute Gasteiger partial charge is 0.396 e. The van der Waals surface area contributed by atoms with Crippen molar-refractivity contribution in [1.29, 1.82) is 0 Å². The van der Waals surface area contributed by atoms with E-state index in [1.54, 1.807) is 0 Å². The lowest BCUT2D eigenvalue weighted by Crippen LogP contribution is -2.34. The SMILES string of the molecule is CCc1nn(CC)c(CC(C)(CN)CO)c1Br. The predicted molar refractivity (Wildman–Crippen MR) is 72.9 cm³/mol. The molecule has 0 radical (unpaired) electrons. The number of aryl methyl sites for hydroxylation is 2. The normalized spacial score (nSPS) is 14.9. The van der Waals surface area contributed by atoms with Crippen LogP contribution in [0.5, 0.6) is 0 Å². The summed E-state index contributed by atoms with van der Waals surface area (Å²) in [5, 5.41) is 14.0. The van der Waals surface area contributed by atoms with Crippen LogP contribution in [0.1, 0.15) is 32.2 Å². The van der Waals surface area contributed by atoms with Gasteiger partial charge >= 0.3 is 0 Å². The molecule has 0 saturated heterocycles. The highest BCUT2D eigenvalue weighted by atomic mass is 79.9. The number of halogens is 1. The zero-order valence-corrected chi connectivity index (χ0v) is 12.4. The Morgan fingerprint density at radius 2 is 2.12 bits per heavy atom. The van der Waals surface area contributed by atoms with Gasteiger partial charge in [-0.05, 0) is 35.7 Å². The summed E-state index contributed by atoms with van der Waals surface area (Å²) < 4.78 is 3.06. The van der Waals surface area contributed by atoms with Crippen molar-refractivity contribution in [2.24, 2.45) is 11.1 Å². The maximum Gasteiger partial charge on any atom is 0.0766 e. The molecule has 1 aromatic heterocycles. The number of aromatic nitrogens is 2. The van der Waals surface area contributed by atoms with Gasteiger partial charge in [0, 0.05) is 18.5 Å². The summed E-state index contributed by atoms with van der Waals surface area (Å²) in [6, 6.07) is 0. The van der Waals surface area contributed by atoms with Crippen LogP contribution in [-0.2, 0) is 19.4 Å². The average molecular weight is 304 g/mol. The fourth-order valence-corrected chi connectivity index (χ4v) is 2.49. The smallest absolute Gasteiger partial charge is 0.0766 e. The van der Waals surface area contributed by atoms with Gasteiger partial charge in [-0.3, -0.25) is 4.68 Å². The Morgan fingerprint density at radius 1 is 1.47 bits per heavy atom. The van der Waals surface area contributed by atoms with Gasteiger partial charge < -0.3 is 10.8 Å². The number of hydrogen-bond donors (Lipinski definition) is 2. The summed E-state index contributed by atoms with van der Waals surface area (Å²) in [5.74, 6) is 0. The first-order valence-electron chi connectivity index (χ1n) is 6.06. The van der Waals surface area contributed by atoms with Crippen molar-refractivity contribution < 1.29 is 5.11 Å². The van der Waals surface area contributed by atoms with Crippen molar-refractivity contribution in [2.75, 3.05) is 13.2 Å². The molecule has 0 aliphatic heterocycles. The zero-order chi connectivity index (χ0) is 13.1. The molecule has 1 heterocycles. The Morgan fingerprint density at radius 3 is 2.53 bits per heavy atom. The molecule has 0 aliphatic carbocycles. The lowest BCUT2D eigenvalue weighted by Gasteiger charge is -2.25. The molecule has 1 rings (SSSR count). The third kappa shape index (κ3) is 3.09. The van der Waals surface area contributed by atoms with E-state index in [2.05, 4.69) is 34.9 Å². The highest BCUT2D eigenvalue weighted by Crippen LogP contribution is 2.29. The van der Waals surface area contributed by atoms with E-state index < -0.39 is 0 Å². The van der Waals surface area contributed by atoms with Crippen LogP contribution >= 0.6 is 15.9 Å². The van der Waals surface area contributed by atoms with E-state index >= 15 is 0 Å². The first-order valence-corrected chi connectivity index (χ1v) is 6.85. The highest BCUT2D eigenvalue weighted by molar-refractivity contribution is 9.10. The van der Waals surface area contributed by atoms with Crippen LogP contribution in [0, 0.1) is 5.41 Å². The fraction of sp³-hybridized carbons (Fsp3) is 0.750. The summed E-state index contributed by atoms with van der Waals surface area (Å²) >= 11 is 3.61. The first kappa shape index (κ1) is 14.7. The second-order valence-electron chi connectivity index (χ2n) is 4.73. The summed E-state index contributed by atoms with van der Waals surface area (Å²) in [7, 11) is 0. The minimum atomic E-state index is -0.277. The van der Waals surface area contributed by atoms with Gasteiger partial charge in [-0.2, -0.15) is 5.10 Å². The van der Waals surface area contributed by atoms with Gasteiger partial charge in [0.1, 0.15) is 0 Å². The number of nitrogens with zero attached hydrogens (tertiary/aromatic N) is 2. The summed E-state index contributed by atoms with van der Waals surface area (Å²) in [6.07, 6.45) is 1.64. The molecule has 98 valence electrons. The van der Waals surface area contributed by atoms with Crippen molar-refractivity contribution in [3.63, 3.8) is 0 Å². The fourth-order valence-electron chi connectivity index (χ4n) is 1.78. The molecule has 17 heavy (non-hydrogen) atoms. The van der Waals surface area contributed by atoms with Crippen LogP contribution in [0.2, 0.25) is 0 Å². The minimum absolute atomic E-state index is 0.0896. The molecule has 3 N–H and O–H groups in total. The zero-order valence-electron chi connectivity index (χ0n) is 10.8. The molecular formula is C12H22BrN3O. The lowest BCUT2D eigenvalue weighted by atomic mass is 9.86. The molecule has 1 aromatic rings. The van der Waals surface area contributed by atoms with E-state index in [1.807, 2.05) is 11.6 Å². The molecule has 0 fully saturated rings. The monoisotopic (exact) mass is 303 g/mol. The summed E-state index contributed by atoms with van der Waals surface area (Å²) in [5.41, 5.74) is 7.66. The standard InChI is InChI=1S/C12H22BrN3O/c1-4-9-11(13)10(16(5-2)15-9)6-12(3,7-14)8-17/h17H,4-8,14H2,1-3H3. The topological polar surface area (TPSA) is 64.1 Å². The van der Waals surface area contributed by atoms with Gasteiger partial charge in [0.05, 0.1) is 22.5 Å². The third-order valence-corrected chi connectivity index (χ3v) is 4.08. The van der Waals surface area contributed by atoms with Crippen LogP contribution in [0.25, 0.3) is 0 Å². The second-order valence-corrected chi connectivity index (χ2v) is 5.52. The molecule has 5 heteroatoms. The van der Waals surface area contributed by atoms with E-state index in [0.717, 1.165) is 35.2 Å². The average Bonchev–Trinajstić information content (AvgIpc) is 2.66. The van der Waals surface area contributed by atoms with Gasteiger partial charge in [-0.1, -0.05) is 13.8 Å². The maximum absolute atomic E-state index is 9.44. The Hall–Kier alpha value is -0.390. The van der Waals surface area contributed by atoms with Crippen LogP contribution in [0.4, 0.5) is 0 Å². The van der Waals surface area contributed by atoms with Crippen molar-refractivity contribution in [2.45, 2.75) is 40.2 Å². The highest BCUT2D eigenvalue weighted by Gasteiger charge is 2.26. The quantitative estimate of drug-likeness (QED) is 0.841. The Labute approximate surface area is 111 Å². The molecule has 0 spiro atoms. The number of nitrogens with two attached hydrogens (primary N) is 1. The van der Waals surface area contributed by atoms with E-state index in [0.29, 0.717) is 6.54 Å². The second kappa shape index (κ2) is 5.98. The van der Waals surface area contributed by atoms with Gasteiger partial charge in [0.15, 0.2) is 0 Å². The Balaban J connectivity index is 3.08. The molecule has 0 aliphatic rings. The molecule has 0 amide bonds. The maximum atomic E-state index is 9.44. The first-order chi connectivity index (χ1) is 8.01. The van der Waals surface area contributed by atoms with Gasteiger partial charge in [-0.25, -0.2) is 0 Å². The molecule has 0 saturated carbocycles. The van der Waals surface area contributed by atoms with E-state index in [-0.39, 0.29) is 12.0 Å². The van der Waals surface area contributed by atoms with E-state index in [4.69, 9.17) is 5.73 Å². The molecular weight excluding hydrogens is 282 g/mol. The predicted octanol–water partition coefficient (Wildman–Crippen LogP) is 1.73. The van der Waals surface area contributed by atoms with Crippen molar-refractivity contribution in [3.05, 3.63) is 15.9 Å². The number of aliphatic hydroxyl groups excluding tert-OH is 1.